The Morgan fingerprint density at radius 1 is 0.485 bits per heavy atom. The fourth-order valence-corrected chi connectivity index (χ4v) is 3.94. The number of para-hydroxylation sites is 3. The van der Waals surface area contributed by atoms with Gasteiger partial charge in [0.15, 0.2) is 0 Å². The van der Waals surface area contributed by atoms with E-state index in [1.54, 1.807) is 55.0 Å². The van der Waals surface area contributed by atoms with Crippen LogP contribution in [-0.2, 0) is 0 Å². The second-order valence-corrected chi connectivity index (χ2v) is 8.18. The summed E-state index contributed by atoms with van der Waals surface area (Å²) in [6, 6.07) is 21.3. The van der Waals surface area contributed by atoms with Crippen LogP contribution in [0.15, 0.2) is 87.8 Å². The number of rotatable bonds is 6. The van der Waals surface area contributed by atoms with E-state index in [4.69, 9.17) is 15.0 Å². The van der Waals surface area contributed by atoms with E-state index in [1.807, 2.05) is 36.4 Å². The predicted molar refractivity (Wildman–Crippen MR) is 132 cm³/mol. The van der Waals surface area contributed by atoms with Gasteiger partial charge in [-0.2, -0.15) is 0 Å². The average molecular weight is 442 g/mol. The van der Waals surface area contributed by atoms with Crippen LogP contribution in [0.5, 0.6) is 17.2 Å². The van der Waals surface area contributed by atoms with E-state index in [0.29, 0.717) is 16.7 Å². The van der Waals surface area contributed by atoms with Crippen LogP contribution in [-0.4, -0.2) is 52.1 Å². The Bertz CT molecular complexity index is 1020. The lowest BCUT2D eigenvalue weighted by Gasteiger charge is -2.29. The number of nitrogens with zero attached hydrogens (tertiary/aromatic N) is 3. The maximum absolute atomic E-state index is 10.0. The highest BCUT2D eigenvalue weighted by atomic mass is 16.3. The predicted octanol–water partition coefficient (Wildman–Crippen LogP) is 4.75. The van der Waals surface area contributed by atoms with E-state index in [2.05, 4.69) is 0 Å². The van der Waals surface area contributed by atoms with Crippen LogP contribution in [0.4, 0.5) is 0 Å². The van der Waals surface area contributed by atoms with Crippen molar-refractivity contribution in [2.75, 3.05) is 0 Å². The van der Waals surface area contributed by atoms with Crippen LogP contribution in [0.3, 0.4) is 0 Å². The minimum atomic E-state index is -0.0172. The Morgan fingerprint density at radius 3 is 1.03 bits per heavy atom. The summed E-state index contributed by atoms with van der Waals surface area (Å²) in [5, 5.41) is 30.1. The van der Waals surface area contributed by atoms with E-state index < -0.39 is 0 Å². The summed E-state index contributed by atoms with van der Waals surface area (Å²) in [7, 11) is 0. The molecule has 0 heterocycles. The van der Waals surface area contributed by atoms with Crippen molar-refractivity contribution in [2.24, 2.45) is 15.0 Å². The van der Waals surface area contributed by atoms with Crippen molar-refractivity contribution < 1.29 is 15.3 Å². The number of phenols is 3. The van der Waals surface area contributed by atoms with Gasteiger partial charge in [-0.15, -0.1) is 0 Å². The summed E-state index contributed by atoms with van der Waals surface area (Å²) >= 11 is 0. The highest BCUT2D eigenvalue weighted by Crippen LogP contribution is 2.28. The van der Waals surface area contributed by atoms with Gasteiger partial charge in [-0.3, -0.25) is 15.0 Å². The zero-order valence-electron chi connectivity index (χ0n) is 18.2. The molecule has 3 aromatic carbocycles. The Morgan fingerprint density at radius 2 is 0.758 bits per heavy atom. The molecule has 1 aliphatic rings. The van der Waals surface area contributed by atoms with Gasteiger partial charge in [-0.1, -0.05) is 36.4 Å². The molecule has 1 saturated carbocycles. The highest BCUT2D eigenvalue weighted by Gasteiger charge is 2.27. The molecule has 0 bridgehead atoms. The van der Waals surface area contributed by atoms with Gasteiger partial charge in [0.1, 0.15) is 17.2 Å². The molecule has 1 aliphatic carbocycles. The van der Waals surface area contributed by atoms with Crippen LogP contribution >= 0.6 is 0 Å². The molecule has 0 aromatic heterocycles. The molecule has 0 unspecified atom stereocenters. The van der Waals surface area contributed by atoms with Crippen LogP contribution in [0, 0.1) is 0 Å². The molecule has 0 radical (unpaired) electrons. The van der Waals surface area contributed by atoms with Crippen LogP contribution in [0.25, 0.3) is 0 Å². The van der Waals surface area contributed by atoms with Gasteiger partial charge in [-0.05, 0) is 55.7 Å². The number of phenolic OH excluding ortho intramolecular Hbond substituents is 3. The minimum absolute atomic E-state index is 0.0172. The van der Waals surface area contributed by atoms with Gasteiger partial charge in [0, 0.05) is 35.3 Å². The van der Waals surface area contributed by atoms with E-state index in [1.165, 1.54) is 0 Å². The summed E-state index contributed by atoms with van der Waals surface area (Å²) in [5.74, 6) is 0.584. The Hall–Kier alpha value is -3.93. The second-order valence-electron chi connectivity index (χ2n) is 8.18. The number of benzene rings is 3. The molecule has 168 valence electrons. The normalized spacial score (nSPS) is 21.3. The highest BCUT2D eigenvalue weighted by molar-refractivity contribution is 5.84. The first-order valence-corrected chi connectivity index (χ1v) is 11.0. The summed E-state index contributed by atoms with van der Waals surface area (Å²) in [4.78, 5) is 14.2. The van der Waals surface area contributed by atoms with Gasteiger partial charge in [0.05, 0.1) is 18.1 Å². The van der Waals surface area contributed by atoms with Crippen LogP contribution in [0.1, 0.15) is 36.0 Å². The minimum Gasteiger partial charge on any atom is -0.507 e. The van der Waals surface area contributed by atoms with Crippen molar-refractivity contribution in [3.8, 4) is 17.2 Å². The average Bonchev–Trinajstić information content (AvgIpc) is 2.82. The first-order valence-electron chi connectivity index (χ1n) is 11.0. The summed E-state index contributed by atoms with van der Waals surface area (Å²) in [5.41, 5.74) is 2.02. The monoisotopic (exact) mass is 441 g/mol. The van der Waals surface area contributed by atoms with Crippen molar-refractivity contribution in [2.45, 2.75) is 37.4 Å². The molecule has 0 aliphatic heterocycles. The third-order valence-corrected chi connectivity index (χ3v) is 5.72. The van der Waals surface area contributed by atoms with E-state index in [9.17, 15) is 15.3 Å². The first-order chi connectivity index (χ1) is 16.1. The fraction of sp³-hybridized carbons (Fsp3) is 0.222. The van der Waals surface area contributed by atoms with E-state index in [-0.39, 0.29) is 35.4 Å². The Labute approximate surface area is 193 Å². The molecule has 6 heteroatoms. The maximum atomic E-state index is 10.0. The quantitative estimate of drug-likeness (QED) is 0.482. The Kier molecular flexibility index (Phi) is 7.15. The first kappa shape index (κ1) is 22.3. The molecule has 6 nitrogen and oxygen atoms in total. The van der Waals surface area contributed by atoms with Gasteiger partial charge < -0.3 is 15.3 Å². The van der Waals surface area contributed by atoms with Crippen molar-refractivity contribution in [3.63, 3.8) is 0 Å². The lowest BCUT2D eigenvalue weighted by Crippen LogP contribution is -2.30. The fourth-order valence-electron chi connectivity index (χ4n) is 3.94. The molecular weight excluding hydrogens is 414 g/mol. The van der Waals surface area contributed by atoms with E-state index >= 15 is 0 Å². The summed E-state index contributed by atoms with van der Waals surface area (Å²) in [6.07, 6.45) is 7.36. The largest absolute Gasteiger partial charge is 0.507 e. The molecule has 1 fully saturated rings. The lowest BCUT2D eigenvalue weighted by atomic mass is 9.88. The summed E-state index contributed by atoms with van der Waals surface area (Å²) < 4.78 is 0. The third kappa shape index (κ3) is 6.07. The van der Waals surface area contributed by atoms with Gasteiger partial charge in [0.2, 0.25) is 0 Å². The van der Waals surface area contributed by atoms with Gasteiger partial charge in [0.25, 0.3) is 0 Å². The van der Waals surface area contributed by atoms with Crippen LogP contribution < -0.4 is 0 Å². The third-order valence-electron chi connectivity index (χ3n) is 5.72. The number of aromatic hydroxyl groups is 3. The molecule has 33 heavy (non-hydrogen) atoms. The summed E-state index contributed by atoms with van der Waals surface area (Å²) in [6.45, 7) is 0. The number of hydrogen-bond donors (Lipinski definition) is 3. The zero-order chi connectivity index (χ0) is 23.0. The zero-order valence-corrected chi connectivity index (χ0v) is 18.2. The Balaban J connectivity index is 1.54. The van der Waals surface area contributed by atoms with Crippen molar-refractivity contribution in [1.82, 2.24) is 0 Å². The van der Waals surface area contributed by atoms with Gasteiger partial charge >= 0.3 is 0 Å². The number of aliphatic imine (C=N–C) groups is 3. The maximum Gasteiger partial charge on any atom is 0.124 e. The topological polar surface area (TPSA) is 97.8 Å². The molecule has 3 N–H and O–H groups in total. The number of hydrogen-bond acceptors (Lipinski definition) is 6. The smallest absolute Gasteiger partial charge is 0.124 e. The second kappa shape index (κ2) is 10.6. The molecule has 0 atom stereocenters. The standard InChI is InChI=1S/C27H27N3O3/c31-25-10-4-1-7-19(25)16-28-22-13-23(29-17-20-8-2-5-11-26(20)32)15-24(14-22)30-18-21-9-3-6-12-27(21)33/h1-12,16-18,22-24,31-33H,13-15H2. The molecular formula is C27H27N3O3. The van der Waals surface area contributed by atoms with Crippen molar-refractivity contribution in [3.05, 3.63) is 89.5 Å². The lowest BCUT2D eigenvalue weighted by molar-refractivity contribution is 0.358. The molecule has 0 spiro atoms. The van der Waals surface area contributed by atoms with Crippen molar-refractivity contribution in [1.29, 1.82) is 0 Å². The van der Waals surface area contributed by atoms with Crippen LogP contribution in [0.2, 0.25) is 0 Å². The van der Waals surface area contributed by atoms with Crippen molar-refractivity contribution >= 4 is 18.6 Å². The molecule has 0 saturated heterocycles. The van der Waals surface area contributed by atoms with Gasteiger partial charge in [-0.25, -0.2) is 0 Å². The SMILES string of the molecule is Oc1ccccc1C=NC1CC(N=Cc2ccccc2O)CC(N=Cc2ccccc2O)C1. The van der Waals surface area contributed by atoms with E-state index in [0.717, 1.165) is 19.3 Å². The molecule has 0 amide bonds. The molecule has 3 aromatic rings. The molecule has 4 rings (SSSR count).